The molecule has 2 aromatic rings. The van der Waals surface area contributed by atoms with Gasteiger partial charge < -0.3 is 14.4 Å². The van der Waals surface area contributed by atoms with Crippen LogP contribution in [0.15, 0.2) is 24.7 Å². The van der Waals surface area contributed by atoms with Crippen molar-refractivity contribution in [1.82, 2.24) is 24.9 Å². The van der Waals surface area contributed by atoms with Gasteiger partial charge in [0.1, 0.15) is 5.82 Å². The van der Waals surface area contributed by atoms with E-state index in [1.54, 1.807) is 10.9 Å². The van der Waals surface area contributed by atoms with E-state index < -0.39 is 7.04 Å². The molecule has 3 aliphatic heterocycles. The van der Waals surface area contributed by atoms with Crippen LogP contribution < -0.4 is 4.90 Å². The number of H-pyrrole nitrogens is 1. The van der Waals surface area contributed by atoms with Crippen LogP contribution in [-0.4, -0.2) is 75.5 Å². The summed E-state index contributed by atoms with van der Waals surface area (Å²) in [6, 6.07) is 2.70. The minimum Gasteiger partial charge on any atom is -0.381 e. The molecule has 0 amide bonds. The fourth-order valence-electron chi connectivity index (χ4n) is 5.12. The molecule has 27 heavy (non-hydrogen) atoms. The smallest absolute Gasteiger partial charge is 0.149 e. The molecule has 3 saturated heterocycles. The number of nitrogens with zero attached hydrogens (tertiary/aromatic N) is 5. The minimum atomic E-state index is -2.38. The number of morpholine rings is 1. The summed E-state index contributed by atoms with van der Waals surface area (Å²) in [4.78, 5) is 4.93. The van der Waals surface area contributed by atoms with E-state index in [1.165, 1.54) is 0 Å². The lowest BCUT2D eigenvalue weighted by atomic mass is 9.95. The Hall–Kier alpha value is -1.90. The number of hydrogen-bond acceptors (Lipinski definition) is 6. The van der Waals surface area contributed by atoms with Gasteiger partial charge in [-0.2, -0.15) is 10.2 Å². The number of methoxy groups -OCH3 is 1. The van der Waals surface area contributed by atoms with Crippen LogP contribution in [0.25, 0.3) is 5.82 Å². The second kappa shape index (κ2) is 6.92. The summed E-state index contributed by atoms with van der Waals surface area (Å²) in [5, 5.41) is 11.5. The van der Waals surface area contributed by atoms with Crippen molar-refractivity contribution in [2.24, 2.45) is 0 Å². The molecule has 2 aromatic heterocycles. The van der Waals surface area contributed by atoms with E-state index in [9.17, 15) is 0 Å². The maximum absolute atomic E-state index is 7.57. The quantitative estimate of drug-likeness (QED) is 0.879. The largest absolute Gasteiger partial charge is 0.381 e. The van der Waals surface area contributed by atoms with E-state index >= 15 is 0 Å². The van der Waals surface area contributed by atoms with Gasteiger partial charge >= 0.3 is 0 Å². The Morgan fingerprint density at radius 1 is 1.30 bits per heavy atom. The third-order valence-corrected chi connectivity index (χ3v) is 6.28. The molecule has 3 fully saturated rings. The Morgan fingerprint density at radius 2 is 2.15 bits per heavy atom. The summed E-state index contributed by atoms with van der Waals surface area (Å²) < 4.78 is 35.8. The molecule has 8 heteroatoms. The molecule has 0 saturated carbocycles. The molecule has 0 spiro atoms. The maximum Gasteiger partial charge on any atom is 0.149 e. The van der Waals surface area contributed by atoms with Crippen LogP contribution in [0.4, 0.5) is 5.69 Å². The Labute approximate surface area is 163 Å². The highest BCUT2D eigenvalue weighted by atomic mass is 16.5. The van der Waals surface area contributed by atoms with Gasteiger partial charge in [-0.1, -0.05) is 0 Å². The third kappa shape index (κ3) is 2.96. The van der Waals surface area contributed by atoms with Gasteiger partial charge in [0.05, 0.1) is 53.9 Å². The zero-order valence-corrected chi connectivity index (χ0v) is 15.5. The normalized spacial score (nSPS) is 36.4. The summed E-state index contributed by atoms with van der Waals surface area (Å²) in [7, 11) is -2.38. The Morgan fingerprint density at radius 3 is 2.89 bits per heavy atom. The summed E-state index contributed by atoms with van der Waals surface area (Å²) in [5.74, 6) is 0.803. The highest BCUT2D eigenvalue weighted by Gasteiger charge is 2.47. The van der Waals surface area contributed by atoms with Crippen LogP contribution in [0, 0.1) is 0 Å². The topological polar surface area (TPSA) is 71.4 Å². The van der Waals surface area contributed by atoms with Crippen molar-refractivity contribution in [3.63, 3.8) is 0 Å². The van der Waals surface area contributed by atoms with Gasteiger partial charge in [-0.3, -0.25) is 10.00 Å². The van der Waals surface area contributed by atoms with E-state index in [0.717, 1.165) is 37.6 Å². The molecule has 0 aliphatic carbocycles. The number of nitrogens with one attached hydrogen (secondary N) is 1. The second-order valence-electron chi connectivity index (χ2n) is 7.90. The Balaban J connectivity index is 1.46. The number of fused-ring (bicyclic) bond motifs is 2. The molecule has 3 aliphatic rings. The van der Waals surface area contributed by atoms with Crippen molar-refractivity contribution in [3.8, 4) is 5.82 Å². The van der Waals surface area contributed by atoms with E-state index in [4.69, 9.17) is 13.6 Å². The lowest BCUT2D eigenvalue weighted by Gasteiger charge is -2.52. The maximum atomic E-state index is 7.57. The van der Waals surface area contributed by atoms with E-state index in [1.807, 2.05) is 18.5 Å². The lowest BCUT2D eigenvalue weighted by molar-refractivity contribution is -0.0607. The zero-order valence-electron chi connectivity index (χ0n) is 18.5. The molecule has 2 bridgehead atoms. The number of aromatic nitrogens is 4. The summed E-state index contributed by atoms with van der Waals surface area (Å²) >= 11 is 0. The number of hydrogen-bond donors (Lipinski definition) is 1. The summed E-state index contributed by atoms with van der Waals surface area (Å²) in [5.41, 5.74) is 1.01. The molecule has 8 nitrogen and oxygen atoms in total. The second-order valence-corrected chi connectivity index (χ2v) is 7.90. The number of ether oxygens (including phenoxy) is 2. The van der Waals surface area contributed by atoms with E-state index in [2.05, 4.69) is 32.0 Å². The fraction of sp³-hybridized carbons (Fsp3) is 0.684. The molecule has 5 atom stereocenters. The molecular formula is C19H28N6O2. The molecular weight excluding hydrogens is 344 g/mol. The first kappa shape index (κ1) is 14.1. The van der Waals surface area contributed by atoms with E-state index in [0.29, 0.717) is 24.9 Å². The average molecular weight is 375 g/mol. The zero-order chi connectivity index (χ0) is 20.9. The standard InChI is InChI=1S/C19H28N6O2/c1-13-7-17(26-2)8-19(25-14-3-4-15(25)12-27-11-14)24(13)16-9-21-23(10-16)18-5-6-20-22-18/h5-6,9-10,13-15,17,19H,3-4,7-8,11-12H2,1-2H3,(H,20,22)/t13-,14?,15?,17+,19?/m1/s1/i2D3. The van der Waals surface area contributed by atoms with Crippen molar-refractivity contribution in [2.75, 3.05) is 25.2 Å². The highest BCUT2D eigenvalue weighted by molar-refractivity contribution is 5.47. The molecule has 3 unspecified atom stereocenters. The van der Waals surface area contributed by atoms with Gasteiger partial charge in [0.15, 0.2) is 0 Å². The highest BCUT2D eigenvalue weighted by Crippen LogP contribution is 2.39. The number of piperidine rings is 1. The molecule has 5 heterocycles. The Kier molecular flexibility index (Phi) is 3.63. The first-order valence-electron chi connectivity index (χ1n) is 11.2. The van der Waals surface area contributed by atoms with Crippen molar-refractivity contribution in [1.29, 1.82) is 0 Å². The lowest BCUT2D eigenvalue weighted by Crippen LogP contribution is -2.63. The number of aromatic amines is 1. The van der Waals surface area contributed by atoms with Crippen LogP contribution in [0.2, 0.25) is 0 Å². The van der Waals surface area contributed by atoms with E-state index in [-0.39, 0.29) is 18.3 Å². The average Bonchev–Trinajstić information content (AvgIpc) is 3.39. The van der Waals surface area contributed by atoms with Crippen molar-refractivity contribution in [2.45, 2.75) is 63.0 Å². The first-order valence-corrected chi connectivity index (χ1v) is 9.75. The molecule has 0 radical (unpaired) electrons. The number of rotatable bonds is 4. The molecule has 5 rings (SSSR count). The Bertz CT molecular complexity index is 841. The van der Waals surface area contributed by atoms with Crippen molar-refractivity contribution in [3.05, 3.63) is 24.7 Å². The van der Waals surface area contributed by atoms with Gasteiger partial charge in [0.2, 0.25) is 0 Å². The fourth-order valence-corrected chi connectivity index (χ4v) is 5.12. The molecule has 0 aromatic carbocycles. The van der Waals surface area contributed by atoms with Crippen LogP contribution in [0.1, 0.15) is 36.7 Å². The van der Waals surface area contributed by atoms with Gasteiger partial charge in [-0.25, -0.2) is 4.68 Å². The van der Waals surface area contributed by atoms with Gasteiger partial charge in [0, 0.05) is 37.7 Å². The SMILES string of the molecule is [2H]C([2H])([2H])O[C@@H]1CC(N2C3CCC2COC3)N(c2cnn(-c3ccn[nH]3)c2)[C@H](C)C1. The minimum absolute atomic E-state index is 0.0434. The molecule has 1 N–H and O–H groups in total. The number of anilines is 1. The van der Waals surface area contributed by atoms with Gasteiger partial charge in [-0.15, -0.1) is 0 Å². The van der Waals surface area contributed by atoms with Crippen LogP contribution in [0.5, 0.6) is 0 Å². The summed E-state index contributed by atoms with van der Waals surface area (Å²) in [6.07, 6.45) is 8.84. The molecule has 146 valence electrons. The van der Waals surface area contributed by atoms with Crippen LogP contribution >= 0.6 is 0 Å². The van der Waals surface area contributed by atoms with Crippen molar-refractivity contribution < 1.29 is 13.6 Å². The first-order chi connectivity index (χ1) is 14.4. The summed E-state index contributed by atoms with van der Waals surface area (Å²) in [6.45, 7) is 3.60. The van der Waals surface area contributed by atoms with Crippen LogP contribution in [-0.2, 0) is 9.47 Å². The predicted molar refractivity (Wildman–Crippen MR) is 101 cm³/mol. The van der Waals surface area contributed by atoms with Crippen LogP contribution in [0.3, 0.4) is 0 Å². The third-order valence-electron chi connectivity index (χ3n) is 6.28. The predicted octanol–water partition coefficient (Wildman–Crippen LogP) is 1.79. The van der Waals surface area contributed by atoms with Crippen molar-refractivity contribution >= 4 is 5.69 Å². The van der Waals surface area contributed by atoms with Gasteiger partial charge in [0.25, 0.3) is 0 Å². The monoisotopic (exact) mass is 375 g/mol. The van der Waals surface area contributed by atoms with Gasteiger partial charge in [-0.05, 0) is 26.2 Å².